The molecule has 0 spiro atoms. The summed E-state index contributed by atoms with van der Waals surface area (Å²) in [6.07, 6.45) is 4.49. The number of rotatable bonds is 10. The summed E-state index contributed by atoms with van der Waals surface area (Å²) in [4.78, 5) is 20.8. The van der Waals surface area contributed by atoms with Crippen molar-refractivity contribution < 1.29 is 9.53 Å². The van der Waals surface area contributed by atoms with Crippen molar-refractivity contribution in [2.75, 3.05) is 66.6 Å². The average molecular weight is 342 g/mol. The highest BCUT2D eigenvalue weighted by atomic mass is 16.5. The Labute approximate surface area is 146 Å². The van der Waals surface area contributed by atoms with E-state index in [1.807, 2.05) is 11.8 Å². The van der Waals surface area contributed by atoms with E-state index in [2.05, 4.69) is 27.6 Å². The van der Waals surface area contributed by atoms with Gasteiger partial charge < -0.3 is 25.2 Å². The van der Waals surface area contributed by atoms with Crippen LogP contribution in [0.2, 0.25) is 0 Å². The first-order valence-electron chi connectivity index (χ1n) is 9.14. The van der Waals surface area contributed by atoms with Crippen LogP contribution >= 0.6 is 0 Å². The van der Waals surface area contributed by atoms with Gasteiger partial charge in [0.2, 0.25) is 5.91 Å². The van der Waals surface area contributed by atoms with Crippen molar-refractivity contribution in [3.63, 3.8) is 0 Å². The average Bonchev–Trinajstić information content (AvgIpc) is 2.60. The van der Waals surface area contributed by atoms with Crippen molar-refractivity contribution in [1.29, 1.82) is 0 Å². The highest BCUT2D eigenvalue weighted by Gasteiger charge is 2.15. The summed E-state index contributed by atoms with van der Waals surface area (Å²) in [6.45, 7) is 8.32. The number of guanidine groups is 1. The zero-order chi connectivity index (χ0) is 17.6. The van der Waals surface area contributed by atoms with Crippen molar-refractivity contribution in [2.24, 2.45) is 4.99 Å². The van der Waals surface area contributed by atoms with Crippen LogP contribution in [0.3, 0.4) is 0 Å². The molecule has 24 heavy (non-hydrogen) atoms. The Morgan fingerprint density at radius 2 is 1.96 bits per heavy atom. The van der Waals surface area contributed by atoms with Gasteiger partial charge in [-0.15, -0.1) is 0 Å². The number of carbonyl (C=O) groups is 1. The van der Waals surface area contributed by atoms with Crippen LogP contribution in [0.1, 0.15) is 32.6 Å². The number of likely N-dealkylation sites (N-methyl/N-ethyl adjacent to an activating group) is 1. The number of hydrogen-bond acceptors (Lipinski definition) is 4. The minimum atomic E-state index is 0.128. The topological polar surface area (TPSA) is 69.2 Å². The first-order chi connectivity index (χ1) is 11.7. The van der Waals surface area contributed by atoms with Gasteiger partial charge in [0.1, 0.15) is 6.54 Å². The van der Waals surface area contributed by atoms with Crippen LogP contribution in [0.4, 0.5) is 0 Å². The molecular weight excluding hydrogens is 306 g/mol. The van der Waals surface area contributed by atoms with Crippen molar-refractivity contribution in [3.8, 4) is 0 Å². The lowest BCUT2D eigenvalue weighted by Gasteiger charge is -2.26. The van der Waals surface area contributed by atoms with Gasteiger partial charge >= 0.3 is 0 Å². The molecule has 1 aliphatic rings. The van der Waals surface area contributed by atoms with E-state index in [0.29, 0.717) is 5.96 Å². The Kier molecular flexibility index (Phi) is 11.2. The smallest absolute Gasteiger partial charge is 0.244 e. The van der Waals surface area contributed by atoms with Crippen LogP contribution in [0.5, 0.6) is 0 Å². The molecule has 140 valence electrons. The molecule has 1 rings (SSSR count). The summed E-state index contributed by atoms with van der Waals surface area (Å²) < 4.78 is 5.06. The Balaban J connectivity index is 2.29. The van der Waals surface area contributed by atoms with Crippen LogP contribution in [0, 0.1) is 0 Å². The first-order valence-corrected chi connectivity index (χ1v) is 9.14. The molecule has 0 saturated carbocycles. The van der Waals surface area contributed by atoms with Gasteiger partial charge in [-0.05, 0) is 39.7 Å². The molecule has 0 bridgehead atoms. The Morgan fingerprint density at radius 3 is 2.62 bits per heavy atom. The number of likely N-dealkylation sites (tertiary alicyclic amines) is 1. The van der Waals surface area contributed by atoms with Crippen LogP contribution in [0.25, 0.3) is 0 Å². The van der Waals surface area contributed by atoms with E-state index < -0.39 is 0 Å². The highest BCUT2D eigenvalue weighted by Crippen LogP contribution is 2.08. The number of amides is 1. The van der Waals surface area contributed by atoms with Crippen LogP contribution in [0.15, 0.2) is 4.99 Å². The molecule has 1 heterocycles. The number of hydrogen-bond donors (Lipinski definition) is 2. The second-order valence-corrected chi connectivity index (χ2v) is 6.21. The van der Waals surface area contributed by atoms with E-state index >= 15 is 0 Å². The third-order valence-corrected chi connectivity index (χ3v) is 4.10. The summed E-state index contributed by atoms with van der Waals surface area (Å²) >= 11 is 0. The number of carbonyl (C=O) groups excluding carboxylic acids is 1. The molecule has 1 fully saturated rings. The summed E-state index contributed by atoms with van der Waals surface area (Å²) in [5, 5.41) is 6.49. The number of methoxy groups -OCH3 is 1. The summed E-state index contributed by atoms with van der Waals surface area (Å²) in [5.41, 5.74) is 0. The third-order valence-electron chi connectivity index (χ3n) is 4.10. The first kappa shape index (κ1) is 20.7. The van der Waals surface area contributed by atoms with Gasteiger partial charge in [0.05, 0.1) is 0 Å². The van der Waals surface area contributed by atoms with Crippen LogP contribution in [-0.2, 0) is 9.53 Å². The van der Waals surface area contributed by atoms with Gasteiger partial charge in [-0.1, -0.05) is 0 Å². The van der Waals surface area contributed by atoms with Gasteiger partial charge in [0, 0.05) is 53.0 Å². The molecule has 1 saturated heterocycles. The highest BCUT2D eigenvalue weighted by molar-refractivity contribution is 5.85. The Hall–Kier alpha value is -1.34. The van der Waals surface area contributed by atoms with Gasteiger partial charge in [-0.3, -0.25) is 4.79 Å². The van der Waals surface area contributed by atoms with E-state index in [1.165, 1.54) is 6.42 Å². The Bertz CT molecular complexity index is 370. The van der Waals surface area contributed by atoms with E-state index in [1.54, 1.807) is 7.11 Å². The molecule has 0 aromatic rings. The number of aliphatic imine (C=N–C) groups is 1. The van der Waals surface area contributed by atoms with Crippen molar-refractivity contribution in [3.05, 3.63) is 0 Å². The summed E-state index contributed by atoms with van der Waals surface area (Å²) in [6, 6.07) is 0. The van der Waals surface area contributed by atoms with E-state index in [9.17, 15) is 4.79 Å². The van der Waals surface area contributed by atoms with Gasteiger partial charge in [0.25, 0.3) is 0 Å². The molecule has 7 nitrogen and oxygen atoms in total. The third kappa shape index (κ3) is 9.08. The van der Waals surface area contributed by atoms with Crippen LogP contribution < -0.4 is 10.6 Å². The van der Waals surface area contributed by atoms with Gasteiger partial charge in [-0.25, -0.2) is 4.99 Å². The molecule has 0 unspecified atom stereocenters. The van der Waals surface area contributed by atoms with Crippen molar-refractivity contribution in [2.45, 2.75) is 32.6 Å². The molecule has 2 N–H and O–H groups in total. The second kappa shape index (κ2) is 13.0. The second-order valence-electron chi connectivity index (χ2n) is 6.21. The molecule has 0 aromatic carbocycles. The van der Waals surface area contributed by atoms with Crippen molar-refractivity contribution in [1.82, 2.24) is 20.4 Å². The number of nitrogens with one attached hydrogen (secondary N) is 2. The number of nitrogens with zero attached hydrogens (tertiary/aromatic N) is 3. The lowest BCUT2D eigenvalue weighted by Crippen LogP contribution is -2.42. The molecule has 0 atom stereocenters. The fourth-order valence-corrected chi connectivity index (χ4v) is 2.69. The zero-order valence-electron chi connectivity index (χ0n) is 15.6. The minimum absolute atomic E-state index is 0.128. The Morgan fingerprint density at radius 1 is 1.21 bits per heavy atom. The van der Waals surface area contributed by atoms with E-state index in [-0.39, 0.29) is 12.5 Å². The number of ether oxygens (including phenoxy) is 1. The maximum absolute atomic E-state index is 12.2. The lowest BCUT2D eigenvalue weighted by molar-refractivity contribution is -0.130. The fraction of sp³-hybridized carbons (Fsp3) is 0.882. The predicted molar refractivity (Wildman–Crippen MR) is 98.4 cm³/mol. The largest absolute Gasteiger partial charge is 0.385 e. The summed E-state index contributed by atoms with van der Waals surface area (Å²) in [7, 11) is 3.83. The van der Waals surface area contributed by atoms with E-state index in [0.717, 1.165) is 65.1 Å². The van der Waals surface area contributed by atoms with Gasteiger partial charge in [-0.2, -0.15) is 0 Å². The maximum Gasteiger partial charge on any atom is 0.244 e. The normalized spacial score (nSPS) is 15.7. The molecule has 0 radical (unpaired) electrons. The molecule has 1 aliphatic heterocycles. The SMILES string of the molecule is CCNC(=NCC(=O)N1CCCCC1)NCCN(C)CCCOC. The maximum atomic E-state index is 12.2. The fourth-order valence-electron chi connectivity index (χ4n) is 2.69. The molecule has 7 heteroatoms. The van der Waals surface area contributed by atoms with Crippen molar-refractivity contribution >= 4 is 11.9 Å². The van der Waals surface area contributed by atoms with Gasteiger partial charge in [0.15, 0.2) is 5.96 Å². The molecule has 1 amide bonds. The molecule has 0 aliphatic carbocycles. The monoisotopic (exact) mass is 341 g/mol. The standard InChI is InChI=1S/C17H35N5O2/c1-4-18-17(19-9-13-21(2)10-8-14-24-3)20-15-16(23)22-11-6-5-7-12-22/h4-15H2,1-3H3,(H2,18,19,20). The zero-order valence-corrected chi connectivity index (χ0v) is 15.6. The quantitative estimate of drug-likeness (QED) is 0.344. The van der Waals surface area contributed by atoms with Crippen LogP contribution in [-0.4, -0.2) is 88.2 Å². The number of piperidine rings is 1. The lowest BCUT2D eigenvalue weighted by atomic mass is 10.1. The van der Waals surface area contributed by atoms with E-state index in [4.69, 9.17) is 4.74 Å². The summed E-state index contributed by atoms with van der Waals surface area (Å²) in [5.74, 6) is 0.844. The molecule has 0 aromatic heterocycles. The predicted octanol–water partition coefficient (Wildman–Crippen LogP) is 0.522. The molecular formula is C17H35N5O2. The minimum Gasteiger partial charge on any atom is -0.385 e.